The van der Waals surface area contributed by atoms with E-state index in [1.165, 1.54) is 51.1 Å². The number of rotatable bonds is 6. The summed E-state index contributed by atoms with van der Waals surface area (Å²) in [4.78, 5) is 2.50. The smallest absolute Gasteiger partial charge is 0.00722 e. The molecule has 1 saturated carbocycles. The Balaban J connectivity index is 2.04. The molecule has 2 nitrogen and oxygen atoms in total. The standard InChI is InChI=1S/C12H26N2S/c1-3-14(4-2)9-10-15-12-7-5-11(13)6-8-12/h11-12H,3-10,13H2,1-2H3. The number of hydrogen-bond donors (Lipinski definition) is 1. The number of thioether (sulfide) groups is 1. The van der Waals surface area contributed by atoms with E-state index in [2.05, 4.69) is 30.5 Å². The van der Waals surface area contributed by atoms with Crippen molar-refractivity contribution in [1.82, 2.24) is 4.90 Å². The Labute approximate surface area is 99.0 Å². The lowest BCUT2D eigenvalue weighted by Crippen LogP contribution is -2.29. The minimum absolute atomic E-state index is 0.490. The molecule has 0 amide bonds. The predicted octanol–water partition coefficient (Wildman–Crippen LogP) is 2.33. The highest BCUT2D eigenvalue weighted by atomic mass is 32.2. The Morgan fingerprint density at radius 1 is 1.13 bits per heavy atom. The summed E-state index contributed by atoms with van der Waals surface area (Å²) in [5.41, 5.74) is 5.90. The molecule has 0 atom stereocenters. The van der Waals surface area contributed by atoms with Gasteiger partial charge in [-0.3, -0.25) is 0 Å². The van der Waals surface area contributed by atoms with Crippen LogP contribution in [0.3, 0.4) is 0 Å². The van der Waals surface area contributed by atoms with E-state index in [9.17, 15) is 0 Å². The maximum atomic E-state index is 5.90. The van der Waals surface area contributed by atoms with Crippen molar-refractivity contribution in [2.75, 3.05) is 25.4 Å². The van der Waals surface area contributed by atoms with E-state index in [-0.39, 0.29) is 0 Å². The molecule has 0 bridgehead atoms. The second-order valence-corrected chi connectivity index (χ2v) is 5.84. The zero-order chi connectivity index (χ0) is 11.1. The molecule has 0 aromatic carbocycles. The second kappa shape index (κ2) is 7.53. The molecule has 0 spiro atoms. The topological polar surface area (TPSA) is 29.3 Å². The van der Waals surface area contributed by atoms with Gasteiger partial charge in [-0.15, -0.1) is 0 Å². The van der Waals surface area contributed by atoms with Crippen molar-refractivity contribution in [1.29, 1.82) is 0 Å². The van der Waals surface area contributed by atoms with Crippen LogP contribution in [0, 0.1) is 0 Å². The van der Waals surface area contributed by atoms with Crippen molar-refractivity contribution >= 4 is 11.8 Å². The molecule has 0 aromatic heterocycles. The van der Waals surface area contributed by atoms with Gasteiger partial charge in [0, 0.05) is 23.6 Å². The van der Waals surface area contributed by atoms with Gasteiger partial charge in [0.05, 0.1) is 0 Å². The van der Waals surface area contributed by atoms with Crippen LogP contribution in [-0.4, -0.2) is 41.6 Å². The molecular formula is C12H26N2S. The van der Waals surface area contributed by atoms with E-state index < -0.39 is 0 Å². The summed E-state index contributed by atoms with van der Waals surface area (Å²) < 4.78 is 0. The first-order chi connectivity index (χ1) is 7.26. The normalized spacial score (nSPS) is 27.2. The quantitative estimate of drug-likeness (QED) is 0.759. The van der Waals surface area contributed by atoms with Gasteiger partial charge in [0.15, 0.2) is 0 Å². The summed E-state index contributed by atoms with van der Waals surface area (Å²) in [5, 5.41) is 0.889. The molecule has 0 unspecified atom stereocenters. The zero-order valence-electron chi connectivity index (χ0n) is 10.2. The third-order valence-electron chi connectivity index (χ3n) is 3.37. The van der Waals surface area contributed by atoms with Gasteiger partial charge in [-0.25, -0.2) is 0 Å². The lowest BCUT2D eigenvalue weighted by molar-refractivity contribution is 0.323. The number of nitrogens with zero attached hydrogens (tertiary/aromatic N) is 1. The fraction of sp³-hybridized carbons (Fsp3) is 1.00. The van der Waals surface area contributed by atoms with Gasteiger partial charge in [0.1, 0.15) is 0 Å². The Hall–Kier alpha value is 0.270. The minimum Gasteiger partial charge on any atom is -0.328 e. The van der Waals surface area contributed by atoms with Crippen molar-refractivity contribution in [3.05, 3.63) is 0 Å². The molecule has 0 radical (unpaired) electrons. The van der Waals surface area contributed by atoms with Gasteiger partial charge in [-0.2, -0.15) is 11.8 Å². The first kappa shape index (κ1) is 13.3. The van der Waals surface area contributed by atoms with Crippen LogP contribution in [0.1, 0.15) is 39.5 Å². The highest BCUT2D eigenvalue weighted by Gasteiger charge is 2.18. The van der Waals surface area contributed by atoms with Crippen LogP contribution in [0.2, 0.25) is 0 Å². The Morgan fingerprint density at radius 2 is 1.73 bits per heavy atom. The minimum atomic E-state index is 0.490. The van der Waals surface area contributed by atoms with Gasteiger partial charge in [-0.05, 0) is 38.8 Å². The predicted molar refractivity (Wildman–Crippen MR) is 70.5 cm³/mol. The Morgan fingerprint density at radius 3 is 2.27 bits per heavy atom. The van der Waals surface area contributed by atoms with Crippen molar-refractivity contribution in [2.45, 2.75) is 50.8 Å². The summed E-state index contributed by atoms with van der Waals surface area (Å²) in [6, 6.07) is 0.490. The molecule has 1 aliphatic carbocycles. The average molecular weight is 230 g/mol. The lowest BCUT2D eigenvalue weighted by atomic mass is 9.96. The van der Waals surface area contributed by atoms with E-state index in [0.717, 1.165) is 5.25 Å². The van der Waals surface area contributed by atoms with Crippen LogP contribution in [-0.2, 0) is 0 Å². The van der Waals surface area contributed by atoms with E-state index in [1.54, 1.807) is 0 Å². The Bertz CT molecular complexity index is 152. The second-order valence-electron chi connectivity index (χ2n) is 4.43. The first-order valence-electron chi connectivity index (χ1n) is 6.35. The van der Waals surface area contributed by atoms with Crippen LogP contribution in [0.15, 0.2) is 0 Å². The fourth-order valence-corrected chi connectivity index (χ4v) is 3.45. The third kappa shape index (κ3) is 5.23. The molecule has 90 valence electrons. The third-order valence-corrected chi connectivity index (χ3v) is 4.74. The first-order valence-corrected chi connectivity index (χ1v) is 7.40. The number of hydrogen-bond acceptors (Lipinski definition) is 3. The summed E-state index contributed by atoms with van der Waals surface area (Å²) in [5.74, 6) is 1.29. The molecule has 1 fully saturated rings. The monoisotopic (exact) mass is 230 g/mol. The van der Waals surface area contributed by atoms with Crippen molar-refractivity contribution in [3.8, 4) is 0 Å². The average Bonchev–Trinajstić information content (AvgIpc) is 2.27. The van der Waals surface area contributed by atoms with Crippen molar-refractivity contribution < 1.29 is 0 Å². The lowest BCUT2D eigenvalue weighted by Gasteiger charge is -2.26. The highest BCUT2D eigenvalue weighted by molar-refractivity contribution is 7.99. The molecule has 0 heterocycles. The van der Waals surface area contributed by atoms with E-state index >= 15 is 0 Å². The van der Waals surface area contributed by atoms with Crippen molar-refractivity contribution in [3.63, 3.8) is 0 Å². The van der Waals surface area contributed by atoms with Crippen LogP contribution in [0.5, 0.6) is 0 Å². The zero-order valence-corrected chi connectivity index (χ0v) is 11.1. The van der Waals surface area contributed by atoms with Gasteiger partial charge < -0.3 is 10.6 Å². The van der Waals surface area contributed by atoms with E-state index in [1.807, 2.05) is 0 Å². The summed E-state index contributed by atoms with van der Waals surface area (Å²) >= 11 is 2.16. The number of nitrogens with two attached hydrogens (primary N) is 1. The molecule has 1 aliphatic rings. The fourth-order valence-electron chi connectivity index (χ4n) is 2.14. The van der Waals surface area contributed by atoms with Gasteiger partial charge in [0.2, 0.25) is 0 Å². The molecule has 0 aliphatic heterocycles. The van der Waals surface area contributed by atoms with Crippen LogP contribution >= 0.6 is 11.8 Å². The molecule has 3 heteroatoms. The molecule has 1 rings (SSSR count). The van der Waals surface area contributed by atoms with Crippen LogP contribution < -0.4 is 5.73 Å². The van der Waals surface area contributed by atoms with E-state index in [4.69, 9.17) is 5.73 Å². The van der Waals surface area contributed by atoms with Crippen molar-refractivity contribution in [2.24, 2.45) is 5.73 Å². The van der Waals surface area contributed by atoms with Gasteiger partial charge in [0.25, 0.3) is 0 Å². The van der Waals surface area contributed by atoms with Gasteiger partial charge >= 0.3 is 0 Å². The summed E-state index contributed by atoms with van der Waals surface area (Å²) in [7, 11) is 0. The Kier molecular flexibility index (Phi) is 6.69. The molecule has 0 aromatic rings. The molecule has 2 N–H and O–H groups in total. The molecule has 0 saturated heterocycles. The van der Waals surface area contributed by atoms with E-state index in [0.29, 0.717) is 6.04 Å². The SMILES string of the molecule is CCN(CC)CCSC1CCC(N)CC1. The van der Waals surface area contributed by atoms with Crippen LogP contribution in [0.4, 0.5) is 0 Å². The summed E-state index contributed by atoms with van der Waals surface area (Å²) in [6.07, 6.45) is 5.15. The van der Waals surface area contributed by atoms with Crippen LogP contribution in [0.25, 0.3) is 0 Å². The molecular weight excluding hydrogens is 204 g/mol. The summed E-state index contributed by atoms with van der Waals surface area (Å²) in [6.45, 7) is 8.11. The highest BCUT2D eigenvalue weighted by Crippen LogP contribution is 2.27. The maximum Gasteiger partial charge on any atom is 0.00722 e. The largest absolute Gasteiger partial charge is 0.328 e. The van der Waals surface area contributed by atoms with Gasteiger partial charge in [-0.1, -0.05) is 13.8 Å². The molecule has 15 heavy (non-hydrogen) atoms. The maximum absolute atomic E-state index is 5.90.